The van der Waals surface area contributed by atoms with Crippen LogP contribution in [0, 0.1) is 5.92 Å². The fraction of sp³-hybridized carbons (Fsp3) is 1.00. The summed E-state index contributed by atoms with van der Waals surface area (Å²) in [5.74, 6) is 1.26. The van der Waals surface area contributed by atoms with E-state index in [1.165, 1.54) is 6.42 Å². The van der Waals surface area contributed by atoms with Crippen LogP contribution in [0.5, 0.6) is 0 Å². The van der Waals surface area contributed by atoms with Crippen LogP contribution in [0.15, 0.2) is 0 Å². The van der Waals surface area contributed by atoms with Gasteiger partial charge in [0.05, 0.1) is 11.5 Å². The predicted molar refractivity (Wildman–Crippen MR) is 79.8 cm³/mol. The van der Waals surface area contributed by atoms with Crippen molar-refractivity contribution in [3.63, 3.8) is 0 Å². The molecule has 1 N–H and O–H groups in total. The molecular formula is C11H24Cl2N2O2S. The van der Waals surface area contributed by atoms with E-state index in [0.29, 0.717) is 17.4 Å². The van der Waals surface area contributed by atoms with E-state index in [-0.39, 0.29) is 24.8 Å². The highest BCUT2D eigenvalue weighted by Gasteiger charge is 2.27. The third-order valence-corrected chi connectivity index (χ3v) is 5.45. The average molecular weight is 319 g/mol. The Labute approximate surface area is 123 Å². The monoisotopic (exact) mass is 318 g/mol. The first kappa shape index (κ1) is 18.4. The first-order chi connectivity index (χ1) is 7.66. The van der Waals surface area contributed by atoms with Crippen molar-refractivity contribution in [2.24, 2.45) is 5.92 Å². The minimum absolute atomic E-state index is 0. The Balaban J connectivity index is 0.00000144. The fourth-order valence-electron chi connectivity index (χ4n) is 2.59. The molecule has 0 bridgehead atoms. The van der Waals surface area contributed by atoms with Crippen LogP contribution in [0.4, 0.5) is 0 Å². The number of nitrogens with one attached hydrogen (secondary N) is 1. The SMILES string of the molecule is Cl.Cl.O=S1(=O)CCC(CCN2CCCNCC2)C1. The molecule has 0 radical (unpaired) electrons. The van der Waals surface area contributed by atoms with Gasteiger partial charge in [-0.3, -0.25) is 0 Å². The molecular weight excluding hydrogens is 295 g/mol. The first-order valence-corrected chi connectivity index (χ1v) is 8.11. The zero-order valence-corrected chi connectivity index (χ0v) is 13.1. The highest BCUT2D eigenvalue weighted by atomic mass is 35.5. The van der Waals surface area contributed by atoms with Crippen molar-refractivity contribution in [1.82, 2.24) is 10.2 Å². The smallest absolute Gasteiger partial charge is 0.150 e. The van der Waals surface area contributed by atoms with Gasteiger partial charge in [-0.1, -0.05) is 0 Å². The number of hydrogen-bond acceptors (Lipinski definition) is 4. The summed E-state index contributed by atoms with van der Waals surface area (Å²) in [5.41, 5.74) is 0. The summed E-state index contributed by atoms with van der Waals surface area (Å²) in [6, 6.07) is 0. The van der Waals surface area contributed by atoms with Crippen molar-refractivity contribution >= 4 is 34.7 Å². The summed E-state index contributed by atoms with van der Waals surface area (Å²) >= 11 is 0. The van der Waals surface area contributed by atoms with Gasteiger partial charge in [0.15, 0.2) is 9.84 Å². The van der Waals surface area contributed by atoms with Crippen molar-refractivity contribution in [3.8, 4) is 0 Å². The van der Waals surface area contributed by atoms with Crippen LogP contribution in [0.1, 0.15) is 19.3 Å². The average Bonchev–Trinajstić information content (AvgIpc) is 2.47. The molecule has 0 aliphatic carbocycles. The van der Waals surface area contributed by atoms with Gasteiger partial charge in [-0.2, -0.15) is 0 Å². The minimum Gasteiger partial charge on any atom is -0.315 e. The summed E-state index contributed by atoms with van der Waals surface area (Å²) in [4.78, 5) is 2.46. The standard InChI is InChI=1S/C11H22N2O2S.2ClH/c14-16(15)9-3-11(10-16)2-7-13-6-1-4-12-5-8-13;;/h11-12H,1-10H2;2*1H. The summed E-state index contributed by atoms with van der Waals surface area (Å²) in [6.07, 6.45) is 3.15. The van der Waals surface area contributed by atoms with Crippen LogP contribution in [0.3, 0.4) is 0 Å². The number of rotatable bonds is 3. The Morgan fingerprint density at radius 2 is 1.94 bits per heavy atom. The third-order valence-electron chi connectivity index (χ3n) is 3.61. The van der Waals surface area contributed by atoms with E-state index in [0.717, 1.165) is 45.6 Å². The van der Waals surface area contributed by atoms with Crippen LogP contribution < -0.4 is 5.32 Å². The Hall–Kier alpha value is 0.450. The molecule has 110 valence electrons. The minimum atomic E-state index is -2.69. The molecule has 1 atom stereocenters. The molecule has 2 aliphatic rings. The maximum atomic E-state index is 11.3. The van der Waals surface area contributed by atoms with Crippen molar-refractivity contribution < 1.29 is 8.42 Å². The highest BCUT2D eigenvalue weighted by molar-refractivity contribution is 7.91. The van der Waals surface area contributed by atoms with Gasteiger partial charge in [0.1, 0.15) is 0 Å². The lowest BCUT2D eigenvalue weighted by Gasteiger charge is -2.20. The second-order valence-electron chi connectivity index (χ2n) is 5.00. The number of hydrogen-bond donors (Lipinski definition) is 1. The van der Waals surface area contributed by atoms with Gasteiger partial charge in [0, 0.05) is 13.1 Å². The van der Waals surface area contributed by atoms with Gasteiger partial charge < -0.3 is 10.2 Å². The van der Waals surface area contributed by atoms with E-state index >= 15 is 0 Å². The Morgan fingerprint density at radius 1 is 1.17 bits per heavy atom. The van der Waals surface area contributed by atoms with E-state index in [4.69, 9.17) is 0 Å². The number of nitrogens with zero attached hydrogens (tertiary/aromatic N) is 1. The molecule has 2 saturated heterocycles. The molecule has 2 fully saturated rings. The van der Waals surface area contributed by atoms with Crippen molar-refractivity contribution in [2.45, 2.75) is 19.3 Å². The second kappa shape index (κ2) is 8.59. The van der Waals surface area contributed by atoms with E-state index in [9.17, 15) is 8.42 Å². The quantitative estimate of drug-likeness (QED) is 0.841. The number of halogens is 2. The van der Waals surface area contributed by atoms with Gasteiger partial charge >= 0.3 is 0 Å². The Kier molecular flexibility index (Phi) is 8.80. The van der Waals surface area contributed by atoms with Gasteiger partial charge in [0.2, 0.25) is 0 Å². The first-order valence-electron chi connectivity index (χ1n) is 6.29. The molecule has 4 nitrogen and oxygen atoms in total. The van der Waals surface area contributed by atoms with Crippen LogP contribution >= 0.6 is 24.8 Å². The zero-order valence-electron chi connectivity index (χ0n) is 10.6. The van der Waals surface area contributed by atoms with Crippen molar-refractivity contribution in [2.75, 3.05) is 44.2 Å². The van der Waals surface area contributed by atoms with Gasteiger partial charge in [-0.25, -0.2) is 8.42 Å². The molecule has 2 aliphatic heterocycles. The number of sulfone groups is 1. The van der Waals surface area contributed by atoms with Crippen LogP contribution in [0.2, 0.25) is 0 Å². The van der Waals surface area contributed by atoms with Crippen molar-refractivity contribution in [3.05, 3.63) is 0 Å². The molecule has 0 saturated carbocycles. The lowest BCUT2D eigenvalue weighted by molar-refractivity contribution is 0.271. The highest BCUT2D eigenvalue weighted by Crippen LogP contribution is 2.21. The topological polar surface area (TPSA) is 49.4 Å². The summed E-state index contributed by atoms with van der Waals surface area (Å²) < 4.78 is 22.6. The van der Waals surface area contributed by atoms with Crippen LogP contribution in [0.25, 0.3) is 0 Å². The van der Waals surface area contributed by atoms with E-state index in [2.05, 4.69) is 10.2 Å². The van der Waals surface area contributed by atoms with E-state index in [1.54, 1.807) is 0 Å². The molecule has 2 heterocycles. The molecule has 7 heteroatoms. The van der Waals surface area contributed by atoms with Gasteiger partial charge in [-0.15, -0.1) is 24.8 Å². The molecule has 18 heavy (non-hydrogen) atoms. The fourth-order valence-corrected chi connectivity index (χ4v) is 4.50. The Bertz CT molecular complexity index is 317. The summed E-state index contributed by atoms with van der Waals surface area (Å²) in [5, 5.41) is 3.38. The predicted octanol–water partition coefficient (Wildman–Crippen LogP) is 0.950. The van der Waals surface area contributed by atoms with E-state index < -0.39 is 9.84 Å². The lowest BCUT2D eigenvalue weighted by Crippen LogP contribution is -2.30. The maximum absolute atomic E-state index is 11.3. The maximum Gasteiger partial charge on any atom is 0.150 e. The molecule has 2 rings (SSSR count). The second-order valence-corrected chi connectivity index (χ2v) is 7.23. The summed E-state index contributed by atoms with van der Waals surface area (Å²) in [7, 11) is -2.69. The third kappa shape index (κ3) is 6.06. The zero-order chi connectivity index (χ0) is 11.4. The molecule has 0 aromatic rings. The largest absolute Gasteiger partial charge is 0.315 e. The summed E-state index contributed by atoms with van der Waals surface area (Å²) in [6.45, 7) is 5.53. The molecule has 0 aromatic carbocycles. The van der Waals surface area contributed by atoms with Crippen LogP contribution in [-0.4, -0.2) is 57.5 Å². The normalized spacial score (nSPS) is 27.9. The van der Waals surface area contributed by atoms with E-state index in [1.807, 2.05) is 0 Å². The lowest BCUT2D eigenvalue weighted by atomic mass is 10.1. The molecule has 1 unspecified atom stereocenters. The van der Waals surface area contributed by atoms with Crippen LogP contribution in [-0.2, 0) is 9.84 Å². The molecule has 0 amide bonds. The van der Waals surface area contributed by atoms with Gasteiger partial charge in [-0.05, 0) is 44.8 Å². The molecule has 0 spiro atoms. The Morgan fingerprint density at radius 3 is 2.61 bits per heavy atom. The molecule has 0 aromatic heterocycles. The van der Waals surface area contributed by atoms with Gasteiger partial charge in [0.25, 0.3) is 0 Å². The van der Waals surface area contributed by atoms with Crippen molar-refractivity contribution in [1.29, 1.82) is 0 Å².